The predicted molar refractivity (Wildman–Crippen MR) is 90.8 cm³/mol. The van der Waals surface area contributed by atoms with E-state index in [-0.39, 0.29) is 11.5 Å². The molecule has 0 aliphatic heterocycles. The highest BCUT2D eigenvalue weighted by Crippen LogP contribution is 2.22. The minimum absolute atomic E-state index is 0.0825. The molecule has 0 aliphatic carbocycles. The molecule has 0 aliphatic rings. The number of hydrogen-bond acceptors (Lipinski definition) is 5. The number of thioether (sulfide) groups is 1. The second kappa shape index (κ2) is 7.46. The number of methoxy groups -OCH3 is 1. The summed E-state index contributed by atoms with van der Waals surface area (Å²) in [6.07, 6.45) is 0.545. The van der Waals surface area contributed by atoms with Gasteiger partial charge in [0.1, 0.15) is 5.25 Å². The van der Waals surface area contributed by atoms with Gasteiger partial charge in [-0.2, -0.15) is 0 Å². The van der Waals surface area contributed by atoms with Crippen LogP contribution in [0.5, 0.6) is 0 Å². The van der Waals surface area contributed by atoms with E-state index in [0.29, 0.717) is 22.8 Å². The van der Waals surface area contributed by atoms with Crippen LogP contribution in [0.4, 0.5) is 0 Å². The van der Waals surface area contributed by atoms with Crippen molar-refractivity contribution < 1.29 is 9.53 Å². The minimum Gasteiger partial charge on any atom is -0.468 e. The zero-order valence-corrected chi connectivity index (χ0v) is 14.5. The van der Waals surface area contributed by atoms with Crippen LogP contribution < -0.4 is 5.56 Å². The van der Waals surface area contributed by atoms with Crippen LogP contribution in [0.2, 0.25) is 0 Å². The number of hydrogen-bond donors (Lipinski definition) is 0. The lowest BCUT2D eigenvalue weighted by atomic mass is 10.1. The van der Waals surface area contributed by atoms with Crippen molar-refractivity contribution in [1.29, 1.82) is 0 Å². The lowest BCUT2D eigenvalue weighted by molar-refractivity contribution is -0.139. The number of ether oxygens (including phenoxy) is 1. The van der Waals surface area contributed by atoms with E-state index in [1.54, 1.807) is 14.0 Å². The summed E-state index contributed by atoms with van der Waals surface area (Å²) in [5.41, 5.74) is 2.35. The van der Waals surface area contributed by atoms with Gasteiger partial charge in [0.05, 0.1) is 7.11 Å². The number of carbonyl (C=O) groups excluding carboxylic acids is 1. The van der Waals surface area contributed by atoms with Gasteiger partial charge in [0.15, 0.2) is 5.16 Å². The smallest absolute Gasteiger partial charge is 0.318 e. The van der Waals surface area contributed by atoms with E-state index in [2.05, 4.69) is 4.98 Å². The summed E-state index contributed by atoms with van der Waals surface area (Å²) in [6.45, 7) is 3.56. The molecule has 2 aromatic rings. The molecule has 1 atom stereocenters. The molecule has 0 N–H and O–H groups in total. The first-order valence-electron chi connectivity index (χ1n) is 7.29. The van der Waals surface area contributed by atoms with Gasteiger partial charge in [0, 0.05) is 24.7 Å². The molecule has 0 amide bonds. The number of nitrogens with zero attached hydrogens (tertiary/aromatic N) is 2. The quantitative estimate of drug-likeness (QED) is 0.478. The van der Waals surface area contributed by atoms with Gasteiger partial charge in [0.2, 0.25) is 0 Å². The molecule has 0 radical (unpaired) electrons. The van der Waals surface area contributed by atoms with Crippen molar-refractivity contribution in [2.45, 2.75) is 30.7 Å². The highest BCUT2D eigenvalue weighted by atomic mass is 32.2. The maximum atomic E-state index is 12.6. The Hall–Kier alpha value is -2.08. The van der Waals surface area contributed by atoms with Gasteiger partial charge in [-0.1, -0.05) is 42.1 Å². The fourth-order valence-corrected chi connectivity index (χ4v) is 3.15. The first-order valence-corrected chi connectivity index (χ1v) is 8.17. The number of carbonyl (C=O) groups is 1. The summed E-state index contributed by atoms with van der Waals surface area (Å²) < 4.78 is 6.21. The third kappa shape index (κ3) is 4.01. The van der Waals surface area contributed by atoms with E-state index in [1.165, 1.54) is 23.4 Å². The van der Waals surface area contributed by atoms with Crippen LogP contribution >= 0.6 is 11.8 Å². The number of benzene rings is 1. The van der Waals surface area contributed by atoms with Crippen molar-refractivity contribution in [3.05, 3.63) is 57.5 Å². The topological polar surface area (TPSA) is 61.2 Å². The Morgan fingerprint density at radius 3 is 2.61 bits per heavy atom. The van der Waals surface area contributed by atoms with E-state index in [1.807, 2.05) is 37.3 Å². The summed E-state index contributed by atoms with van der Waals surface area (Å²) in [7, 11) is 3.02. The van der Waals surface area contributed by atoms with Crippen LogP contribution in [-0.2, 0) is 23.0 Å². The van der Waals surface area contributed by atoms with Gasteiger partial charge >= 0.3 is 5.97 Å². The Morgan fingerprint density at radius 2 is 2.00 bits per heavy atom. The fraction of sp³-hybridized carbons (Fsp3) is 0.353. The summed E-state index contributed by atoms with van der Waals surface area (Å²) in [4.78, 5) is 28.7. The van der Waals surface area contributed by atoms with Gasteiger partial charge in [-0.15, -0.1) is 0 Å². The molecule has 0 fully saturated rings. The molecule has 0 saturated carbocycles. The van der Waals surface area contributed by atoms with Crippen molar-refractivity contribution in [3.8, 4) is 0 Å². The maximum absolute atomic E-state index is 12.6. The number of aromatic nitrogens is 2. The molecule has 0 bridgehead atoms. The van der Waals surface area contributed by atoms with Crippen LogP contribution in [0.25, 0.3) is 0 Å². The van der Waals surface area contributed by atoms with Crippen molar-refractivity contribution in [1.82, 2.24) is 9.55 Å². The summed E-state index contributed by atoms with van der Waals surface area (Å²) >= 11 is 1.22. The van der Waals surface area contributed by atoms with Crippen molar-refractivity contribution in [2.24, 2.45) is 7.05 Å². The van der Waals surface area contributed by atoms with Crippen LogP contribution in [-0.4, -0.2) is 27.9 Å². The van der Waals surface area contributed by atoms with Crippen LogP contribution in [0.1, 0.15) is 23.7 Å². The lowest BCUT2D eigenvalue weighted by Gasteiger charge is -2.14. The molecule has 23 heavy (non-hydrogen) atoms. The zero-order valence-electron chi connectivity index (χ0n) is 13.7. The lowest BCUT2D eigenvalue weighted by Crippen LogP contribution is -2.27. The van der Waals surface area contributed by atoms with E-state index >= 15 is 0 Å². The Kier molecular flexibility index (Phi) is 5.60. The Bertz CT molecular complexity index is 756. The summed E-state index contributed by atoms with van der Waals surface area (Å²) in [6, 6.07) is 9.82. The molecule has 6 heteroatoms. The molecule has 122 valence electrons. The number of aryl methyl sites for hydroxylation is 1. The standard InChI is InChI=1S/C17H20N2O3S/c1-11-14(10-13-8-6-5-7-9-13)15(20)19(3)17(18-11)23-12(2)16(21)22-4/h5-9,12H,10H2,1-4H3. The highest BCUT2D eigenvalue weighted by molar-refractivity contribution is 8.00. The Balaban J connectivity index is 2.33. The molecule has 1 heterocycles. The van der Waals surface area contributed by atoms with Crippen molar-refractivity contribution in [3.63, 3.8) is 0 Å². The van der Waals surface area contributed by atoms with Crippen LogP contribution in [0.15, 0.2) is 40.3 Å². The van der Waals surface area contributed by atoms with Gasteiger partial charge < -0.3 is 4.74 Å². The van der Waals surface area contributed by atoms with Crippen LogP contribution in [0, 0.1) is 6.92 Å². The molecule has 0 spiro atoms. The SMILES string of the molecule is COC(=O)C(C)Sc1nc(C)c(Cc2ccccc2)c(=O)n1C. The van der Waals surface area contributed by atoms with Crippen LogP contribution in [0.3, 0.4) is 0 Å². The van der Waals surface area contributed by atoms with Crippen molar-refractivity contribution >= 4 is 17.7 Å². The highest BCUT2D eigenvalue weighted by Gasteiger charge is 2.19. The predicted octanol–water partition coefficient (Wildman–Crippen LogP) is 2.33. The molecule has 5 nitrogen and oxygen atoms in total. The first kappa shape index (κ1) is 17.3. The van der Waals surface area contributed by atoms with E-state index in [4.69, 9.17) is 4.74 Å². The fourth-order valence-electron chi connectivity index (χ4n) is 2.21. The molecule has 1 aromatic carbocycles. The molecule has 1 aromatic heterocycles. The second-order valence-electron chi connectivity index (χ2n) is 5.27. The molecule has 2 rings (SSSR count). The zero-order chi connectivity index (χ0) is 17.0. The largest absolute Gasteiger partial charge is 0.468 e. The third-order valence-corrected chi connectivity index (χ3v) is 4.71. The summed E-state index contributed by atoms with van der Waals surface area (Å²) in [5.74, 6) is -0.338. The minimum atomic E-state index is -0.419. The van der Waals surface area contributed by atoms with Gasteiger partial charge in [0.25, 0.3) is 5.56 Å². The third-order valence-electron chi connectivity index (χ3n) is 3.59. The molecule has 1 unspecified atom stereocenters. The normalized spacial score (nSPS) is 12.0. The average Bonchev–Trinajstić information content (AvgIpc) is 2.56. The maximum Gasteiger partial charge on any atom is 0.318 e. The Labute approximate surface area is 139 Å². The second-order valence-corrected chi connectivity index (χ2v) is 6.58. The average molecular weight is 332 g/mol. The number of rotatable bonds is 5. The summed E-state index contributed by atoms with van der Waals surface area (Å²) in [5, 5.41) is 0.0969. The van der Waals surface area contributed by atoms with Gasteiger partial charge in [-0.25, -0.2) is 4.98 Å². The Morgan fingerprint density at radius 1 is 1.35 bits per heavy atom. The van der Waals surface area contributed by atoms with E-state index in [9.17, 15) is 9.59 Å². The van der Waals surface area contributed by atoms with Crippen molar-refractivity contribution in [2.75, 3.05) is 7.11 Å². The molecule has 0 saturated heterocycles. The monoisotopic (exact) mass is 332 g/mol. The number of esters is 1. The molecular formula is C17H20N2O3S. The van der Waals surface area contributed by atoms with E-state index in [0.717, 1.165) is 5.56 Å². The molecular weight excluding hydrogens is 312 g/mol. The van der Waals surface area contributed by atoms with Gasteiger partial charge in [-0.3, -0.25) is 14.2 Å². The first-order chi connectivity index (χ1) is 10.9. The van der Waals surface area contributed by atoms with E-state index < -0.39 is 5.25 Å². The van der Waals surface area contributed by atoms with Gasteiger partial charge in [-0.05, 0) is 19.4 Å².